The van der Waals surface area contributed by atoms with Crippen molar-refractivity contribution in [3.8, 4) is 0 Å². The molecule has 4 nitrogen and oxygen atoms in total. The second-order valence-electron chi connectivity index (χ2n) is 14.5. The maximum Gasteiger partial charge on any atom is 0.312 e. The molecule has 0 spiro atoms. The van der Waals surface area contributed by atoms with Crippen molar-refractivity contribution in [3.63, 3.8) is 0 Å². The first-order chi connectivity index (χ1) is 15.7. The molecular weight excluding hydrogens is 424 g/mol. The van der Waals surface area contributed by atoms with Gasteiger partial charge in [-0.25, -0.2) is 0 Å². The van der Waals surface area contributed by atoms with Gasteiger partial charge in [0.05, 0.1) is 5.41 Å². The predicted octanol–water partition coefficient (Wildman–Crippen LogP) is 6.54. The average molecular weight is 471 g/mol. The molecule has 0 radical (unpaired) electrons. The van der Waals surface area contributed by atoms with Crippen molar-refractivity contribution in [2.75, 3.05) is 0 Å². The number of fused-ring (bicyclic) bond motifs is 3. The van der Waals surface area contributed by atoms with Gasteiger partial charge in [0, 0.05) is 35.5 Å². The van der Waals surface area contributed by atoms with Crippen LogP contribution in [0.25, 0.3) is 0 Å². The number of ether oxygens (including phenoxy) is 1. The van der Waals surface area contributed by atoms with Crippen molar-refractivity contribution < 1.29 is 19.1 Å². The average Bonchev–Trinajstić information content (AvgIpc) is 3.03. The maximum atomic E-state index is 13.5. The van der Waals surface area contributed by atoms with Crippen molar-refractivity contribution in [1.82, 2.24) is 0 Å². The third-order valence-electron chi connectivity index (χ3n) is 12.6. The van der Waals surface area contributed by atoms with E-state index in [-0.39, 0.29) is 45.4 Å². The van der Waals surface area contributed by atoms with Gasteiger partial charge in [-0.1, -0.05) is 48.5 Å². The lowest BCUT2D eigenvalue weighted by molar-refractivity contribution is -0.214. The topological polar surface area (TPSA) is 60.4 Å². The van der Waals surface area contributed by atoms with E-state index in [1.54, 1.807) is 0 Å². The molecule has 0 N–H and O–H groups in total. The first-order valence-electron chi connectivity index (χ1n) is 14.0. The van der Waals surface area contributed by atoms with Crippen LogP contribution in [0.3, 0.4) is 0 Å². The molecule has 5 rings (SSSR count). The molecule has 2 bridgehead atoms. The third-order valence-corrected chi connectivity index (χ3v) is 12.6. The molecule has 4 heteroatoms. The highest BCUT2D eigenvalue weighted by Crippen LogP contribution is 2.75. The summed E-state index contributed by atoms with van der Waals surface area (Å²) in [5, 5.41) is 0. The van der Waals surface area contributed by atoms with E-state index in [0.717, 1.165) is 44.9 Å². The summed E-state index contributed by atoms with van der Waals surface area (Å²) in [5.74, 6) is 1.84. The smallest absolute Gasteiger partial charge is 0.312 e. The molecule has 4 saturated carbocycles. The van der Waals surface area contributed by atoms with Crippen molar-refractivity contribution in [2.45, 2.75) is 119 Å². The summed E-state index contributed by atoms with van der Waals surface area (Å²) in [5.41, 5.74) is -0.522. The molecule has 0 aromatic rings. The lowest BCUT2D eigenvalue weighted by atomic mass is 9.34. The number of esters is 1. The maximum absolute atomic E-state index is 13.5. The Balaban J connectivity index is 1.51. The fraction of sp³-hybridized carbons (Fsp3) is 0.900. The summed E-state index contributed by atoms with van der Waals surface area (Å²) in [6.45, 7) is 15.7. The molecule has 0 aromatic carbocycles. The van der Waals surface area contributed by atoms with Gasteiger partial charge < -0.3 is 4.74 Å². The van der Waals surface area contributed by atoms with Gasteiger partial charge in [0.1, 0.15) is 17.7 Å². The largest absolute Gasteiger partial charge is 0.461 e. The zero-order chi connectivity index (χ0) is 24.9. The number of carbonyl (C=O) groups excluding carboxylic acids is 3. The summed E-state index contributed by atoms with van der Waals surface area (Å²) in [4.78, 5) is 39.3. The summed E-state index contributed by atoms with van der Waals surface area (Å²) in [7, 11) is 0. The second kappa shape index (κ2) is 7.42. The summed E-state index contributed by atoms with van der Waals surface area (Å²) in [6, 6.07) is 0. The van der Waals surface area contributed by atoms with Crippen LogP contribution in [0.4, 0.5) is 0 Å². The molecule has 190 valence electrons. The Bertz CT molecular complexity index is 919. The molecule has 1 heterocycles. The molecule has 34 heavy (non-hydrogen) atoms. The van der Waals surface area contributed by atoms with Crippen LogP contribution in [0.15, 0.2) is 0 Å². The standard InChI is InChI=1S/C30H46O4/c1-18(2)20(31)10-12-27(5)21-9-8-19-23-24-26(3,4)14-16-30(23,25(33)34-24)17-15-28(19,6)29(21,7)13-11-22(27)32/h18-19,21,23-24H,8-17H2,1-7H3/t19?,21?,23?,24-,27-,28-,29-,30+/m1/s1. The minimum atomic E-state index is -0.419. The third kappa shape index (κ3) is 2.92. The molecule has 5 fully saturated rings. The second-order valence-corrected chi connectivity index (χ2v) is 14.5. The van der Waals surface area contributed by atoms with E-state index < -0.39 is 5.41 Å². The molecule has 1 saturated heterocycles. The van der Waals surface area contributed by atoms with Gasteiger partial charge in [-0.3, -0.25) is 14.4 Å². The van der Waals surface area contributed by atoms with E-state index >= 15 is 0 Å². The minimum absolute atomic E-state index is 0.0267. The Morgan fingerprint density at radius 2 is 1.62 bits per heavy atom. The Hall–Kier alpha value is -1.19. The van der Waals surface area contributed by atoms with Crippen LogP contribution >= 0.6 is 0 Å². The van der Waals surface area contributed by atoms with Crippen LogP contribution in [0, 0.1) is 50.7 Å². The van der Waals surface area contributed by atoms with Gasteiger partial charge in [-0.05, 0) is 74.0 Å². The number of rotatable bonds is 4. The van der Waals surface area contributed by atoms with E-state index in [2.05, 4.69) is 34.6 Å². The van der Waals surface area contributed by atoms with Crippen LogP contribution in [0.2, 0.25) is 0 Å². The van der Waals surface area contributed by atoms with Crippen molar-refractivity contribution in [2.24, 2.45) is 50.7 Å². The van der Waals surface area contributed by atoms with E-state index in [1.807, 2.05) is 13.8 Å². The highest BCUT2D eigenvalue weighted by atomic mass is 16.6. The van der Waals surface area contributed by atoms with Crippen molar-refractivity contribution >= 4 is 17.5 Å². The fourth-order valence-electron chi connectivity index (χ4n) is 9.98. The number of ketones is 2. The zero-order valence-electron chi connectivity index (χ0n) is 22.6. The van der Waals surface area contributed by atoms with E-state index in [4.69, 9.17) is 4.74 Å². The van der Waals surface area contributed by atoms with Crippen LogP contribution in [0.1, 0.15) is 113 Å². The van der Waals surface area contributed by atoms with E-state index in [9.17, 15) is 14.4 Å². The number of hydrogen-bond donors (Lipinski definition) is 0. The van der Waals surface area contributed by atoms with Crippen LogP contribution in [-0.2, 0) is 19.1 Å². The quantitative estimate of drug-likeness (QED) is 0.438. The zero-order valence-corrected chi connectivity index (χ0v) is 22.6. The van der Waals surface area contributed by atoms with Crippen molar-refractivity contribution in [3.05, 3.63) is 0 Å². The van der Waals surface area contributed by atoms with E-state index in [1.165, 1.54) is 0 Å². The fourth-order valence-corrected chi connectivity index (χ4v) is 9.98. The number of Topliss-reactive ketones (excluding diaryl/α,β-unsaturated/α-hetero) is 2. The normalized spacial score (nSPS) is 49.2. The van der Waals surface area contributed by atoms with Gasteiger partial charge in [0.25, 0.3) is 0 Å². The lowest BCUT2D eigenvalue weighted by Crippen LogP contribution is -2.66. The Morgan fingerprint density at radius 1 is 0.941 bits per heavy atom. The molecule has 8 atom stereocenters. The Kier molecular flexibility index (Phi) is 5.34. The summed E-state index contributed by atoms with van der Waals surface area (Å²) < 4.78 is 6.22. The minimum Gasteiger partial charge on any atom is -0.461 e. The molecule has 5 aliphatic rings. The van der Waals surface area contributed by atoms with Gasteiger partial charge in [-0.15, -0.1) is 0 Å². The number of hydrogen-bond acceptors (Lipinski definition) is 4. The van der Waals surface area contributed by atoms with Gasteiger partial charge in [0.15, 0.2) is 0 Å². The number of carbonyl (C=O) groups is 3. The monoisotopic (exact) mass is 470 g/mol. The van der Waals surface area contributed by atoms with E-state index in [0.29, 0.717) is 42.8 Å². The SMILES string of the molecule is CC(C)C(=O)CC[C@@]1(C)C(=O)CC[C@]2(C)C1CCC1C3[C@H]4OC(=O)[C@@]3(CCC4(C)C)CC[C@]12C. The Morgan fingerprint density at radius 3 is 2.29 bits per heavy atom. The molecule has 3 unspecified atom stereocenters. The highest BCUT2D eigenvalue weighted by molar-refractivity contribution is 5.87. The van der Waals surface area contributed by atoms with Crippen LogP contribution < -0.4 is 0 Å². The van der Waals surface area contributed by atoms with Gasteiger partial charge >= 0.3 is 5.97 Å². The molecule has 0 aromatic heterocycles. The molecule has 0 amide bonds. The van der Waals surface area contributed by atoms with Gasteiger partial charge in [0.2, 0.25) is 0 Å². The highest BCUT2D eigenvalue weighted by Gasteiger charge is 2.74. The van der Waals surface area contributed by atoms with Crippen molar-refractivity contribution in [1.29, 1.82) is 0 Å². The van der Waals surface area contributed by atoms with Crippen LogP contribution in [-0.4, -0.2) is 23.6 Å². The predicted molar refractivity (Wildman–Crippen MR) is 132 cm³/mol. The lowest BCUT2D eigenvalue weighted by Gasteiger charge is -2.69. The first-order valence-corrected chi connectivity index (χ1v) is 14.0. The molecule has 1 aliphatic heterocycles. The molecular formula is C30H46O4. The van der Waals surface area contributed by atoms with Crippen LogP contribution in [0.5, 0.6) is 0 Å². The van der Waals surface area contributed by atoms with Gasteiger partial charge in [-0.2, -0.15) is 0 Å². The summed E-state index contributed by atoms with van der Waals surface area (Å²) >= 11 is 0. The summed E-state index contributed by atoms with van der Waals surface area (Å²) in [6.07, 6.45) is 8.94. The first kappa shape index (κ1) is 24.5. The Labute approximate surface area is 206 Å². The molecule has 4 aliphatic carbocycles.